The van der Waals surface area contributed by atoms with Gasteiger partial charge in [0.25, 0.3) is 5.91 Å². The van der Waals surface area contributed by atoms with Gasteiger partial charge in [-0.3, -0.25) is 4.79 Å². The maximum atomic E-state index is 12.9. The van der Waals surface area contributed by atoms with E-state index in [-0.39, 0.29) is 11.9 Å². The van der Waals surface area contributed by atoms with Crippen molar-refractivity contribution in [2.45, 2.75) is 32.2 Å². The summed E-state index contributed by atoms with van der Waals surface area (Å²) in [6, 6.07) is 28.5. The van der Waals surface area contributed by atoms with Gasteiger partial charge in [-0.25, -0.2) is 0 Å². The molecule has 2 heteroatoms. The standard InChI is InChI=1S/C24H25NO/c1-2-23(21-14-7-4-8-15-21)25-24(26)22-16-10-9-13-20(22)18-17-19-11-5-3-6-12-19/h3-16,23H,2,17-18H2,1H3,(H,25,26)/t23-/m1/s1. The Morgan fingerprint density at radius 3 is 2.12 bits per heavy atom. The molecular weight excluding hydrogens is 318 g/mol. The Hall–Kier alpha value is -2.87. The molecule has 0 saturated heterocycles. The third-order valence-electron chi connectivity index (χ3n) is 4.70. The Morgan fingerprint density at radius 1 is 0.808 bits per heavy atom. The first-order chi connectivity index (χ1) is 12.8. The molecule has 3 aromatic carbocycles. The number of nitrogens with one attached hydrogen (secondary N) is 1. The van der Waals surface area contributed by atoms with Gasteiger partial charge in [0, 0.05) is 5.56 Å². The van der Waals surface area contributed by atoms with Crippen LogP contribution in [0.5, 0.6) is 0 Å². The molecule has 0 heterocycles. The molecule has 0 aliphatic carbocycles. The van der Waals surface area contributed by atoms with Crippen LogP contribution >= 0.6 is 0 Å². The van der Waals surface area contributed by atoms with E-state index in [0.29, 0.717) is 0 Å². The van der Waals surface area contributed by atoms with Crippen LogP contribution in [0.15, 0.2) is 84.9 Å². The molecule has 0 radical (unpaired) electrons. The topological polar surface area (TPSA) is 29.1 Å². The second kappa shape index (κ2) is 9.00. The summed E-state index contributed by atoms with van der Waals surface area (Å²) in [4.78, 5) is 12.9. The van der Waals surface area contributed by atoms with E-state index in [2.05, 4.69) is 54.7 Å². The van der Waals surface area contributed by atoms with E-state index in [1.807, 2.05) is 42.5 Å². The molecule has 0 saturated carbocycles. The number of hydrogen-bond donors (Lipinski definition) is 1. The van der Waals surface area contributed by atoms with Crippen molar-refractivity contribution in [2.75, 3.05) is 0 Å². The van der Waals surface area contributed by atoms with Gasteiger partial charge in [0.15, 0.2) is 0 Å². The van der Waals surface area contributed by atoms with Crippen LogP contribution in [0.3, 0.4) is 0 Å². The fourth-order valence-electron chi connectivity index (χ4n) is 3.23. The SMILES string of the molecule is CC[C@@H](NC(=O)c1ccccc1CCc1ccccc1)c1ccccc1. The van der Waals surface area contributed by atoms with E-state index in [4.69, 9.17) is 0 Å². The quantitative estimate of drug-likeness (QED) is 0.615. The zero-order valence-electron chi connectivity index (χ0n) is 15.2. The Bertz CT molecular complexity index is 827. The van der Waals surface area contributed by atoms with Gasteiger partial charge < -0.3 is 5.32 Å². The van der Waals surface area contributed by atoms with Crippen molar-refractivity contribution in [3.8, 4) is 0 Å². The number of carbonyl (C=O) groups is 1. The number of amides is 1. The van der Waals surface area contributed by atoms with Crippen LogP contribution in [0, 0.1) is 0 Å². The number of hydrogen-bond acceptors (Lipinski definition) is 1. The highest BCUT2D eigenvalue weighted by molar-refractivity contribution is 5.96. The average Bonchev–Trinajstić information content (AvgIpc) is 2.72. The molecule has 0 spiro atoms. The molecule has 0 unspecified atom stereocenters. The van der Waals surface area contributed by atoms with Crippen LogP contribution in [-0.2, 0) is 12.8 Å². The van der Waals surface area contributed by atoms with Gasteiger partial charge in [0.2, 0.25) is 0 Å². The van der Waals surface area contributed by atoms with Crippen LogP contribution in [0.4, 0.5) is 0 Å². The summed E-state index contributed by atoms with van der Waals surface area (Å²) >= 11 is 0. The van der Waals surface area contributed by atoms with Gasteiger partial charge in [0.05, 0.1) is 6.04 Å². The highest BCUT2D eigenvalue weighted by Crippen LogP contribution is 2.19. The molecule has 0 aliphatic rings. The van der Waals surface area contributed by atoms with Gasteiger partial charge in [-0.2, -0.15) is 0 Å². The average molecular weight is 343 g/mol. The minimum absolute atomic E-state index is 0.00404. The maximum absolute atomic E-state index is 12.9. The van der Waals surface area contributed by atoms with E-state index in [9.17, 15) is 4.79 Å². The van der Waals surface area contributed by atoms with E-state index in [1.165, 1.54) is 5.56 Å². The Labute approximate surface area is 155 Å². The van der Waals surface area contributed by atoms with Gasteiger partial charge in [0.1, 0.15) is 0 Å². The molecule has 132 valence electrons. The third kappa shape index (κ3) is 4.60. The molecule has 0 bridgehead atoms. The van der Waals surface area contributed by atoms with Crippen LogP contribution in [0.1, 0.15) is 46.4 Å². The minimum atomic E-state index is 0.00404. The normalized spacial score (nSPS) is 11.7. The summed E-state index contributed by atoms with van der Waals surface area (Å²) < 4.78 is 0. The second-order valence-electron chi connectivity index (χ2n) is 6.49. The number of benzene rings is 3. The van der Waals surface area contributed by atoms with Crippen molar-refractivity contribution in [3.63, 3.8) is 0 Å². The lowest BCUT2D eigenvalue weighted by Gasteiger charge is -2.18. The Balaban J connectivity index is 1.73. The maximum Gasteiger partial charge on any atom is 0.252 e. The van der Waals surface area contributed by atoms with Gasteiger partial charge in [-0.1, -0.05) is 85.8 Å². The summed E-state index contributed by atoms with van der Waals surface area (Å²) in [6.45, 7) is 2.10. The fourth-order valence-corrected chi connectivity index (χ4v) is 3.23. The van der Waals surface area contributed by atoms with E-state index < -0.39 is 0 Å². The molecule has 2 nitrogen and oxygen atoms in total. The number of carbonyl (C=O) groups excluding carboxylic acids is 1. The van der Waals surface area contributed by atoms with Gasteiger partial charge in [-0.05, 0) is 42.0 Å². The highest BCUT2D eigenvalue weighted by atomic mass is 16.1. The molecule has 26 heavy (non-hydrogen) atoms. The summed E-state index contributed by atoms with van der Waals surface area (Å²) in [7, 11) is 0. The van der Waals surface area contributed by atoms with Gasteiger partial charge >= 0.3 is 0 Å². The Morgan fingerprint density at radius 2 is 1.42 bits per heavy atom. The largest absolute Gasteiger partial charge is 0.345 e. The van der Waals surface area contributed by atoms with Crippen LogP contribution < -0.4 is 5.32 Å². The monoisotopic (exact) mass is 343 g/mol. The summed E-state index contributed by atoms with van der Waals surface area (Å²) in [5, 5.41) is 3.20. The predicted molar refractivity (Wildman–Crippen MR) is 107 cm³/mol. The molecule has 3 aromatic rings. The lowest BCUT2D eigenvalue weighted by atomic mass is 9.98. The van der Waals surface area contributed by atoms with Crippen molar-refractivity contribution in [1.29, 1.82) is 0 Å². The highest BCUT2D eigenvalue weighted by Gasteiger charge is 2.16. The van der Waals surface area contributed by atoms with Crippen molar-refractivity contribution in [3.05, 3.63) is 107 Å². The molecule has 0 fully saturated rings. The zero-order chi connectivity index (χ0) is 18.2. The van der Waals surface area contributed by atoms with E-state index in [1.54, 1.807) is 0 Å². The van der Waals surface area contributed by atoms with Crippen molar-refractivity contribution in [2.24, 2.45) is 0 Å². The van der Waals surface area contributed by atoms with Crippen molar-refractivity contribution < 1.29 is 4.79 Å². The number of rotatable bonds is 7. The minimum Gasteiger partial charge on any atom is -0.345 e. The summed E-state index contributed by atoms with van der Waals surface area (Å²) in [6.07, 6.45) is 2.65. The van der Waals surface area contributed by atoms with Crippen LogP contribution in [-0.4, -0.2) is 5.91 Å². The molecule has 0 aromatic heterocycles. The molecule has 0 aliphatic heterocycles. The first kappa shape index (κ1) is 17.9. The third-order valence-corrected chi connectivity index (χ3v) is 4.70. The summed E-state index contributed by atoms with van der Waals surface area (Å²) in [5.41, 5.74) is 4.30. The van der Waals surface area contributed by atoms with E-state index >= 15 is 0 Å². The molecule has 1 N–H and O–H groups in total. The number of aryl methyl sites for hydroxylation is 2. The lowest BCUT2D eigenvalue weighted by Crippen LogP contribution is -2.29. The Kier molecular flexibility index (Phi) is 6.21. The summed E-state index contributed by atoms with van der Waals surface area (Å²) in [5.74, 6) is 0.00404. The molecule has 3 rings (SSSR count). The fraction of sp³-hybridized carbons (Fsp3) is 0.208. The molecular formula is C24H25NO. The molecule has 1 amide bonds. The van der Waals surface area contributed by atoms with E-state index in [0.717, 1.165) is 36.0 Å². The first-order valence-corrected chi connectivity index (χ1v) is 9.25. The zero-order valence-corrected chi connectivity index (χ0v) is 15.2. The van der Waals surface area contributed by atoms with Crippen LogP contribution in [0.25, 0.3) is 0 Å². The smallest absolute Gasteiger partial charge is 0.252 e. The lowest BCUT2D eigenvalue weighted by molar-refractivity contribution is 0.0934. The predicted octanol–water partition coefficient (Wildman–Crippen LogP) is 5.35. The second-order valence-corrected chi connectivity index (χ2v) is 6.49. The first-order valence-electron chi connectivity index (χ1n) is 9.25. The van der Waals surface area contributed by atoms with Crippen molar-refractivity contribution >= 4 is 5.91 Å². The van der Waals surface area contributed by atoms with Crippen LogP contribution in [0.2, 0.25) is 0 Å². The molecule has 1 atom stereocenters. The van der Waals surface area contributed by atoms with Gasteiger partial charge in [-0.15, -0.1) is 0 Å². The van der Waals surface area contributed by atoms with Crippen molar-refractivity contribution in [1.82, 2.24) is 5.32 Å².